The van der Waals surface area contributed by atoms with E-state index in [2.05, 4.69) is 5.43 Å². The Morgan fingerprint density at radius 3 is 2.74 bits per heavy atom. The van der Waals surface area contributed by atoms with Crippen molar-refractivity contribution in [2.75, 3.05) is 0 Å². The molecule has 0 radical (unpaired) electrons. The highest BCUT2D eigenvalue weighted by atomic mass is 32.1. The van der Waals surface area contributed by atoms with E-state index in [1.165, 1.54) is 49.9 Å². The summed E-state index contributed by atoms with van der Waals surface area (Å²) in [6.07, 6.45) is 7.92. The molecular weight excluding hydrogens is 260 g/mol. The molecule has 3 N–H and O–H groups in total. The SMILES string of the molecule is Cc1sc(C(=O)NN)cc1COC1CCCCCC1. The lowest BCUT2D eigenvalue weighted by molar-refractivity contribution is 0.0309. The molecule has 1 fully saturated rings. The second-order valence-corrected chi connectivity index (χ2v) is 6.35. The van der Waals surface area contributed by atoms with Gasteiger partial charge in [0.15, 0.2) is 0 Å². The van der Waals surface area contributed by atoms with Crippen LogP contribution in [0.5, 0.6) is 0 Å². The molecule has 0 aliphatic heterocycles. The second kappa shape index (κ2) is 7.03. The number of hydrogen-bond acceptors (Lipinski definition) is 4. The fourth-order valence-corrected chi connectivity index (χ4v) is 3.39. The fourth-order valence-electron chi connectivity index (χ4n) is 2.46. The third-order valence-corrected chi connectivity index (χ3v) is 4.74. The Hall–Kier alpha value is -0.910. The van der Waals surface area contributed by atoms with Crippen molar-refractivity contribution in [3.8, 4) is 0 Å². The monoisotopic (exact) mass is 282 g/mol. The Balaban J connectivity index is 1.91. The maximum absolute atomic E-state index is 11.5. The number of ether oxygens (including phenoxy) is 1. The van der Waals surface area contributed by atoms with Gasteiger partial charge in [0.2, 0.25) is 0 Å². The van der Waals surface area contributed by atoms with Crippen LogP contribution in [0, 0.1) is 6.92 Å². The van der Waals surface area contributed by atoms with Crippen molar-refractivity contribution in [3.63, 3.8) is 0 Å². The van der Waals surface area contributed by atoms with Gasteiger partial charge in [-0.05, 0) is 31.4 Å². The quantitative estimate of drug-likeness (QED) is 0.386. The van der Waals surface area contributed by atoms with Crippen LogP contribution in [0.4, 0.5) is 0 Å². The molecule has 0 unspecified atom stereocenters. The highest BCUT2D eigenvalue weighted by Crippen LogP contribution is 2.25. The molecule has 0 spiro atoms. The summed E-state index contributed by atoms with van der Waals surface area (Å²) in [5, 5.41) is 0. The van der Waals surface area contributed by atoms with E-state index in [0.29, 0.717) is 17.6 Å². The average Bonchev–Trinajstić information content (AvgIpc) is 2.64. The number of carbonyl (C=O) groups excluding carboxylic acids is 1. The molecule has 1 aromatic heterocycles. The van der Waals surface area contributed by atoms with Crippen LogP contribution in [0.3, 0.4) is 0 Å². The number of nitrogen functional groups attached to an aromatic ring is 1. The summed E-state index contributed by atoms with van der Waals surface area (Å²) in [6, 6.07) is 1.89. The van der Waals surface area contributed by atoms with Crippen LogP contribution < -0.4 is 11.3 Å². The zero-order valence-corrected chi connectivity index (χ0v) is 12.2. The number of aryl methyl sites for hydroxylation is 1. The number of hydrazine groups is 1. The lowest BCUT2D eigenvalue weighted by atomic mass is 10.1. The maximum atomic E-state index is 11.5. The third kappa shape index (κ3) is 4.03. The van der Waals surface area contributed by atoms with E-state index in [4.69, 9.17) is 10.6 Å². The lowest BCUT2D eigenvalue weighted by Gasteiger charge is -2.15. The summed E-state index contributed by atoms with van der Waals surface area (Å²) in [5.74, 6) is 4.92. The molecule has 1 saturated carbocycles. The minimum Gasteiger partial charge on any atom is -0.374 e. The molecule has 4 nitrogen and oxygen atoms in total. The molecule has 1 heterocycles. The molecule has 1 aliphatic rings. The summed E-state index contributed by atoms with van der Waals surface area (Å²) in [4.78, 5) is 13.2. The lowest BCUT2D eigenvalue weighted by Crippen LogP contribution is -2.29. The first-order chi connectivity index (χ1) is 9.20. The molecule has 1 aliphatic carbocycles. The first kappa shape index (κ1) is 14.5. The number of thiophene rings is 1. The number of nitrogens with one attached hydrogen (secondary N) is 1. The zero-order chi connectivity index (χ0) is 13.7. The summed E-state index contributed by atoms with van der Waals surface area (Å²) in [6.45, 7) is 2.62. The fraction of sp³-hybridized carbons (Fsp3) is 0.643. The molecule has 0 aromatic carbocycles. The Morgan fingerprint density at radius 1 is 1.42 bits per heavy atom. The van der Waals surface area contributed by atoms with Gasteiger partial charge in [-0.3, -0.25) is 10.2 Å². The normalized spacial score (nSPS) is 17.2. The third-order valence-electron chi connectivity index (χ3n) is 3.65. The van der Waals surface area contributed by atoms with E-state index < -0.39 is 0 Å². The smallest absolute Gasteiger partial charge is 0.275 e. The van der Waals surface area contributed by atoms with Gasteiger partial charge in [0.1, 0.15) is 0 Å². The van der Waals surface area contributed by atoms with Crippen LogP contribution in [-0.4, -0.2) is 12.0 Å². The van der Waals surface area contributed by atoms with Crippen LogP contribution in [0.1, 0.15) is 58.6 Å². The molecule has 0 saturated heterocycles. The molecule has 19 heavy (non-hydrogen) atoms. The van der Waals surface area contributed by atoms with Crippen molar-refractivity contribution >= 4 is 17.2 Å². The van der Waals surface area contributed by atoms with Gasteiger partial charge in [0, 0.05) is 4.88 Å². The highest BCUT2D eigenvalue weighted by Gasteiger charge is 2.15. The van der Waals surface area contributed by atoms with Crippen molar-refractivity contribution in [1.29, 1.82) is 0 Å². The van der Waals surface area contributed by atoms with Gasteiger partial charge in [-0.25, -0.2) is 5.84 Å². The van der Waals surface area contributed by atoms with Crippen LogP contribution in [-0.2, 0) is 11.3 Å². The predicted octanol–water partition coefficient (Wildman–Crippen LogP) is 2.90. The summed E-state index contributed by atoms with van der Waals surface area (Å²) >= 11 is 1.47. The second-order valence-electron chi connectivity index (χ2n) is 5.09. The Morgan fingerprint density at radius 2 is 2.11 bits per heavy atom. The maximum Gasteiger partial charge on any atom is 0.275 e. The topological polar surface area (TPSA) is 64.4 Å². The first-order valence-electron chi connectivity index (χ1n) is 6.92. The van der Waals surface area contributed by atoms with E-state index in [0.717, 1.165) is 10.4 Å². The van der Waals surface area contributed by atoms with Gasteiger partial charge in [-0.1, -0.05) is 25.7 Å². The minimum absolute atomic E-state index is 0.228. The summed E-state index contributed by atoms with van der Waals surface area (Å²) in [7, 11) is 0. The van der Waals surface area contributed by atoms with Gasteiger partial charge >= 0.3 is 0 Å². The zero-order valence-electron chi connectivity index (χ0n) is 11.4. The van der Waals surface area contributed by atoms with Crippen molar-refractivity contribution in [2.24, 2.45) is 5.84 Å². The summed E-state index contributed by atoms with van der Waals surface area (Å²) < 4.78 is 6.00. The molecule has 106 valence electrons. The number of amides is 1. The molecule has 0 atom stereocenters. The van der Waals surface area contributed by atoms with Crippen LogP contribution >= 0.6 is 11.3 Å². The molecule has 1 aromatic rings. The number of carbonyl (C=O) groups is 1. The Labute approximate surface area is 118 Å². The molecular formula is C14H22N2O2S. The van der Waals surface area contributed by atoms with Gasteiger partial charge in [-0.2, -0.15) is 0 Å². The van der Waals surface area contributed by atoms with Gasteiger partial charge in [0.25, 0.3) is 5.91 Å². The van der Waals surface area contributed by atoms with Crippen molar-refractivity contribution in [2.45, 2.75) is 58.2 Å². The summed E-state index contributed by atoms with van der Waals surface area (Å²) in [5.41, 5.74) is 3.27. The molecule has 5 heteroatoms. The number of rotatable bonds is 4. The van der Waals surface area contributed by atoms with Crippen molar-refractivity contribution in [3.05, 3.63) is 21.4 Å². The molecule has 1 amide bonds. The van der Waals surface area contributed by atoms with E-state index in [1.54, 1.807) is 0 Å². The van der Waals surface area contributed by atoms with Crippen LogP contribution in [0.15, 0.2) is 6.07 Å². The first-order valence-corrected chi connectivity index (χ1v) is 7.74. The minimum atomic E-state index is -0.228. The Bertz CT molecular complexity index is 423. The average molecular weight is 282 g/mol. The van der Waals surface area contributed by atoms with E-state index in [1.807, 2.05) is 13.0 Å². The van der Waals surface area contributed by atoms with Crippen molar-refractivity contribution < 1.29 is 9.53 Å². The Kier molecular flexibility index (Phi) is 5.36. The van der Waals surface area contributed by atoms with Crippen LogP contribution in [0.25, 0.3) is 0 Å². The van der Waals surface area contributed by atoms with Crippen molar-refractivity contribution in [1.82, 2.24) is 5.43 Å². The largest absolute Gasteiger partial charge is 0.374 e. The van der Waals surface area contributed by atoms with Gasteiger partial charge in [-0.15, -0.1) is 11.3 Å². The number of nitrogens with two attached hydrogens (primary N) is 1. The van der Waals surface area contributed by atoms with E-state index in [9.17, 15) is 4.79 Å². The molecule has 0 bridgehead atoms. The molecule has 2 rings (SSSR count). The number of hydrogen-bond donors (Lipinski definition) is 2. The van der Waals surface area contributed by atoms with Crippen LogP contribution in [0.2, 0.25) is 0 Å². The van der Waals surface area contributed by atoms with Gasteiger partial charge in [0.05, 0.1) is 17.6 Å². The van der Waals surface area contributed by atoms with E-state index in [-0.39, 0.29) is 5.91 Å². The highest BCUT2D eigenvalue weighted by molar-refractivity contribution is 7.14. The standard InChI is InChI=1S/C14H22N2O2S/c1-10-11(8-13(19-10)14(17)16-15)9-18-12-6-4-2-3-5-7-12/h8,12H,2-7,9,15H2,1H3,(H,16,17). The predicted molar refractivity (Wildman–Crippen MR) is 77.0 cm³/mol. The van der Waals surface area contributed by atoms with Gasteiger partial charge < -0.3 is 4.74 Å². The van der Waals surface area contributed by atoms with E-state index >= 15 is 0 Å².